The van der Waals surface area contributed by atoms with Gasteiger partial charge in [-0.1, -0.05) is 6.07 Å². The molecule has 0 radical (unpaired) electrons. The maximum absolute atomic E-state index is 11.4. The molecule has 0 bridgehead atoms. The smallest absolute Gasteiger partial charge is 0.322 e. The summed E-state index contributed by atoms with van der Waals surface area (Å²) >= 11 is 0. The molecule has 2 aromatic rings. The van der Waals surface area contributed by atoms with E-state index < -0.39 is 12.0 Å². The Hall–Kier alpha value is -2.27. The Labute approximate surface area is 124 Å². The molecule has 0 saturated heterocycles. The number of rotatable bonds is 4. The number of hydrogen-bond donors (Lipinski definition) is 2. The number of aryl methyl sites for hydroxylation is 1. The molecule has 0 fully saturated rings. The van der Waals surface area contributed by atoms with Gasteiger partial charge in [0.1, 0.15) is 11.8 Å². The van der Waals surface area contributed by atoms with Gasteiger partial charge in [0, 0.05) is 29.6 Å². The van der Waals surface area contributed by atoms with Crippen molar-refractivity contribution < 1.29 is 14.6 Å². The molecule has 0 aliphatic carbocycles. The highest BCUT2D eigenvalue weighted by Crippen LogP contribution is 2.24. The summed E-state index contributed by atoms with van der Waals surface area (Å²) in [5.41, 5.74) is 9.72. The van der Waals surface area contributed by atoms with Crippen molar-refractivity contribution in [1.29, 1.82) is 0 Å². The number of methoxy groups -OCH3 is 1. The third kappa shape index (κ3) is 3.08. The molecule has 3 N–H and O–H groups in total. The molecule has 5 nitrogen and oxygen atoms in total. The number of esters is 1. The SMILES string of the molecule is COC(=O)C(N)Cc1cc(C)n(-c2cccc(O)c2)c1C. The highest BCUT2D eigenvalue weighted by atomic mass is 16.5. The van der Waals surface area contributed by atoms with Crippen LogP contribution in [0.3, 0.4) is 0 Å². The van der Waals surface area contributed by atoms with E-state index in [9.17, 15) is 9.90 Å². The Morgan fingerprint density at radius 1 is 1.38 bits per heavy atom. The van der Waals surface area contributed by atoms with Crippen molar-refractivity contribution in [3.8, 4) is 11.4 Å². The first-order valence-electron chi connectivity index (χ1n) is 6.74. The number of phenols is 1. The average molecular weight is 288 g/mol. The van der Waals surface area contributed by atoms with Crippen molar-refractivity contribution in [2.45, 2.75) is 26.3 Å². The molecule has 112 valence electrons. The second-order valence-electron chi connectivity index (χ2n) is 5.09. The fraction of sp³-hybridized carbons (Fsp3) is 0.312. The van der Waals surface area contributed by atoms with Gasteiger partial charge in [0.05, 0.1) is 7.11 Å². The van der Waals surface area contributed by atoms with E-state index >= 15 is 0 Å². The number of hydrogen-bond acceptors (Lipinski definition) is 4. The van der Waals surface area contributed by atoms with Crippen molar-refractivity contribution in [1.82, 2.24) is 4.57 Å². The normalized spacial score (nSPS) is 12.2. The number of carbonyl (C=O) groups is 1. The Kier molecular flexibility index (Phi) is 4.33. The summed E-state index contributed by atoms with van der Waals surface area (Å²) in [5, 5.41) is 9.62. The number of benzene rings is 1. The van der Waals surface area contributed by atoms with Crippen molar-refractivity contribution >= 4 is 5.97 Å². The van der Waals surface area contributed by atoms with Gasteiger partial charge in [0.25, 0.3) is 0 Å². The number of carbonyl (C=O) groups excluding carboxylic acids is 1. The van der Waals surface area contributed by atoms with E-state index in [1.54, 1.807) is 18.2 Å². The molecule has 0 spiro atoms. The van der Waals surface area contributed by atoms with Crippen LogP contribution in [0.25, 0.3) is 5.69 Å². The summed E-state index contributed by atoms with van der Waals surface area (Å²) in [4.78, 5) is 11.4. The van der Waals surface area contributed by atoms with Crippen molar-refractivity contribution in [2.75, 3.05) is 7.11 Å². The largest absolute Gasteiger partial charge is 0.508 e. The Bertz CT molecular complexity index is 662. The Balaban J connectivity index is 2.36. The molecular formula is C16H20N2O3. The summed E-state index contributed by atoms with van der Waals surface area (Å²) in [7, 11) is 1.33. The minimum Gasteiger partial charge on any atom is -0.508 e. The topological polar surface area (TPSA) is 77.5 Å². The van der Waals surface area contributed by atoms with Crippen molar-refractivity contribution in [3.05, 3.63) is 47.3 Å². The van der Waals surface area contributed by atoms with Gasteiger partial charge in [0.15, 0.2) is 0 Å². The van der Waals surface area contributed by atoms with Crippen molar-refractivity contribution in [2.24, 2.45) is 5.73 Å². The van der Waals surface area contributed by atoms with Crippen LogP contribution in [-0.2, 0) is 16.0 Å². The Morgan fingerprint density at radius 3 is 2.71 bits per heavy atom. The van der Waals surface area contributed by atoms with E-state index in [-0.39, 0.29) is 5.75 Å². The number of phenolic OH excluding ortho intramolecular Hbond substituents is 1. The van der Waals surface area contributed by atoms with Crippen LogP contribution >= 0.6 is 0 Å². The lowest BCUT2D eigenvalue weighted by Crippen LogP contribution is -2.33. The molecule has 0 amide bonds. The molecule has 1 heterocycles. The number of aromatic nitrogens is 1. The highest BCUT2D eigenvalue weighted by Gasteiger charge is 2.18. The first kappa shape index (κ1) is 15.1. The lowest BCUT2D eigenvalue weighted by atomic mass is 10.1. The van der Waals surface area contributed by atoms with Crippen molar-refractivity contribution in [3.63, 3.8) is 0 Å². The number of ether oxygens (including phenoxy) is 1. The molecule has 1 unspecified atom stereocenters. The second kappa shape index (κ2) is 6.01. The van der Waals surface area contributed by atoms with E-state index in [2.05, 4.69) is 4.74 Å². The summed E-state index contributed by atoms with van der Waals surface area (Å²) in [6, 6.07) is 8.37. The summed E-state index contributed by atoms with van der Waals surface area (Å²) in [6.45, 7) is 3.95. The van der Waals surface area contributed by atoms with Crippen LogP contribution in [0, 0.1) is 13.8 Å². The third-order valence-electron chi connectivity index (χ3n) is 3.57. The maximum Gasteiger partial charge on any atom is 0.322 e. The highest BCUT2D eigenvalue weighted by molar-refractivity contribution is 5.75. The minimum absolute atomic E-state index is 0.216. The first-order valence-corrected chi connectivity index (χ1v) is 6.74. The van der Waals surface area contributed by atoms with Gasteiger partial charge in [-0.2, -0.15) is 0 Å². The van der Waals surface area contributed by atoms with E-state index in [0.29, 0.717) is 6.42 Å². The monoisotopic (exact) mass is 288 g/mol. The molecule has 1 aromatic carbocycles. The maximum atomic E-state index is 11.4. The van der Waals surface area contributed by atoms with Gasteiger partial charge in [-0.15, -0.1) is 0 Å². The molecule has 21 heavy (non-hydrogen) atoms. The number of aromatic hydroxyl groups is 1. The fourth-order valence-corrected chi connectivity index (χ4v) is 2.54. The second-order valence-corrected chi connectivity index (χ2v) is 5.09. The quantitative estimate of drug-likeness (QED) is 0.842. The standard InChI is InChI=1S/C16H20N2O3/c1-10-7-12(8-15(17)16(20)21-3)11(2)18(10)13-5-4-6-14(19)9-13/h4-7,9,15,19H,8,17H2,1-3H3. The molecule has 1 atom stereocenters. The molecule has 5 heteroatoms. The molecule has 0 aliphatic heterocycles. The summed E-state index contributed by atoms with van der Waals surface area (Å²) in [5.74, 6) is -0.204. The van der Waals surface area contributed by atoms with E-state index in [4.69, 9.17) is 5.73 Å². The van der Waals surface area contributed by atoms with Crippen LogP contribution < -0.4 is 5.73 Å². The van der Waals surface area contributed by atoms with Gasteiger partial charge in [-0.05, 0) is 37.6 Å². The average Bonchev–Trinajstić information content (AvgIpc) is 2.72. The van der Waals surface area contributed by atoms with Gasteiger partial charge >= 0.3 is 5.97 Å². The summed E-state index contributed by atoms with van der Waals surface area (Å²) in [6.07, 6.45) is 0.422. The summed E-state index contributed by atoms with van der Waals surface area (Å²) < 4.78 is 6.68. The minimum atomic E-state index is -0.673. The first-order chi connectivity index (χ1) is 9.93. The van der Waals surface area contributed by atoms with Gasteiger partial charge in [0.2, 0.25) is 0 Å². The van der Waals surface area contributed by atoms with Crippen LogP contribution in [0.15, 0.2) is 30.3 Å². The van der Waals surface area contributed by atoms with E-state index in [0.717, 1.165) is 22.6 Å². The fourth-order valence-electron chi connectivity index (χ4n) is 2.54. The van der Waals surface area contributed by atoms with E-state index in [1.165, 1.54) is 7.11 Å². The van der Waals surface area contributed by atoms with Crippen LogP contribution in [0.1, 0.15) is 17.0 Å². The number of nitrogens with zero attached hydrogens (tertiary/aromatic N) is 1. The van der Waals surface area contributed by atoms with Crippen LogP contribution in [0.4, 0.5) is 0 Å². The lowest BCUT2D eigenvalue weighted by molar-refractivity contribution is -0.142. The molecular weight excluding hydrogens is 268 g/mol. The van der Waals surface area contributed by atoms with Crippen LogP contribution in [0.2, 0.25) is 0 Å². The third-order valence-corrected chi connectivity index (χ3v) is 3.57. The number of nitrogens with two attached hydrogens (primary N) is 1. The van der Waals surface area contributed by atoms with Crippen LogP contribution in [0.5, 0.6) is 5.75 Å². The zero-order valence-electron chi connectivity index (χ0n) is 12.5. The lowest BCUT2D eigenvalue weighted by Gasteiger charge is -2.12. The van der Waals surface area contributed by atoms with Crippen LogP contribution in [-0.4, -0.2) is 28.8 Å². The molecule has 0 aliphatic rings. The molecule has 1 aromatic heterocycles. The van der Waals surface area contributed by atoms with Gasteiger partial charge < -0.3 is 20.1 Å². The zero-order valence-corrected chi connectivity index (χ0v) is 12.5. The van der Waals surface area contributed by atoms with E-state index in [1.807, 2.05) is 30.5 Å². The van der Waals surface area contributed by atoms with Gasteiger partial charge in [-0.3, -0.25) is 4.79 Å². The Morgan fingerprint density at radius 2 is 2.10 bits per heavy atom. The molecule has 2 rings (SSSR count). The zero-order chi connectivity index (χ0) is 15.6. The predicted octanol–water partition coefficient (Wildman–Crippen LogP) is 1.84. The molecule has 0 saturated carbocycles. The predicted molar refractivity (Wildman–Crippen MR) is 80.6 cm³/mol. The van der Waals surface area contributed by atoms with Gasteiger partial charge in [-0.25, -0.2) is 0 Å².